The van der Waals surface area contributed by atoms with E-state index < -0.39 is 6.10 Å². The first-order chi connectivity index (χ1) is 19.0. The van der Waals surface area contributed by atoms with Gasteiger partial charge in [0, 0.05) is 6.61 Å². The Morgan fingerprint density at radius 2 is 1.38 bits per heavy atom. The smallest absolute Gasteiger partial charge is 0.310 e. The minimum absolute atomic E-state index is 0.00380. The molecule has 3 fully saturated rings. The molecule has 218 valence electrons. The van der Waals surface area contributed by atoms with Crippen molar-refractivity contribution in [2.45, 2.75) is 148 Å². The van der Waals surface area contributed by atoms with Crippen LogP contribution < -0.4 is 0 Å². The van der Waals surface area contributed by atoms with Crippen LogP contribution >= 0.6 is 0 Å². The molecule has 0 aliphatic heterocycles. The van der Waals surface area contributed by atoms with Crippen molar-refractivity contribution >= 4 is 11.9 Å². The van der Waals surface area contributed by atoms with Crippen LogP contribution in [-0.4, -0.2) is 36.9 Å². The number of ether oxygens (including phenoxy) is 3. The second kappa shape index (κ2) is 17.7. The fraction of sp³-hybridized carbons (Fsp3) is 0.824. The van der Waals surface area contributed by atoms with Gasteiger partial charge in [0.1, 0.15) is 6.10 Å². The van der Waals surface area contributed by atoms with E-state index in [2.05, 4.69) is 30.6 Å². The van der Waals surface area contributed by atoms with Gasteiger partial charge in [-0.3, -0.25) is 9.59 Å². The van der Waals surface area contributed by atoms with E-state index in [0.717, 1.165) is 77.2 Å². The zero-order valence-electron chi connectivity index (χ0n) is 24.8. The number of carbonyl (C=O) groups excluding carboxylic acids is 2. The van der Waals surface area contributed by atoms with Gasteiger partial charge >= 0.3 is 11.9 Å². The van der Waals surface area contributed by atoms with Crippen molar-refractivity contribution in [3.8, 4) is 23.7 Å². The predicted molar refractivity (Wildman–Crippen MR) is 155 cm³/mol. The van der Waals surface area contributed by atoms with Crippen LogP contribution in [0, 0.1) is 47.4 Å². The second-order valence-corrected chi connectivity index (χ2v) is 12.1. The summed E-state index contributed by atoms with van der Waals surface area (Å²) < 4.78 is 17.7. The molecule has 0 spiro atoms. The highest BCUT2D eigenvalue weighted by Gasteiger charge is 2.40. The zero-order chi connectivity index (χ0) is 27.9. The Morgan fingerprint density at radius 3 is 2.13 bits per heavy atom. The molecule has 0 radical (unpaired) electrons. The number of hydrogen-bond acceptors (Lipinski definition) is 5. The summed E-state index contributed by atoms with van der Waals surface area (Å²) in [5, 5.41) is 0. The fourth-order valence-corrected chi connectivity index (χ4v) is 6.70. The minimum Gasteiger partial charge on any atom is -0.462 e. The fourth-order valence-electron chi connectivity index (χ4n) is 6.70. The maximum Gasteiger partial charge on any atom is 0.310 e. The summed E-state index contributed by atoms with van der Waals surface area (Å²) in [4.78, 5) is 25.6. The van der Waals surface area contributed by atoms with Gasteiger partial charge in [-0.05, 0) is 114 Å². The van der Waals surface area contributed by atoms with E-state index in [4.69, 9.17) is 14.2 Å². The van der Waals surface area contributed by atoms with Crippen LogP contribution in [0.5, 0.6) is 0 Å². The normalized spacial score (nSPS) is 29.0. The van der Waals surface area contributed by atoms with Gasteiger partial charge in [-0.15, -0.1) is 0 Å². The predicted octanol–water partition coefficient (Wildman–Crippen LogP) is 7.40. The van der Waals surface area contributed by atoms with Crippen LogP contribution in [0.25, 0.3) is 0 Å². The van der Waals surface area contributed by atoms with Gasteiger partial charge in [0.25, 0.3) is 0 Å². The summed E-state index contributed by atoms with van der Waals surface area (Å²) in [6.07, 6.45) is 18.3. The van der Waals surface area contributed by atoms with Crippen molar-refractivity contribution in [3.63, 3.8) is 0 Å². The quantitative estimate of drug-likeness (QED) is 0.138. The lowest BCUT2D eigenvalue weighted by Gasteiger charge is -2.41. The number of unbranched alkanes of at least 4 members (excludes halogenated alkanes) is 6. The standard InChI is InChI=1S/C34H52O5/c1-4-6-8-9-10-11-13-23-37-31-20-17-27(18-21-31)33(35)39-32-22-19-28-24-30(16-15-29(28)25-32)34(36)38-26(3)14-12-7-5-2/h26-32H,4,6,8-11,13,15-25H2,1-3H3. The number of carbonyl (C=O) groups is 2. The molecule has 0 amide bonds. The summed E-state index contributed by atoms with van der Waals surface area (Å²) in [5.41, 5.74) is 0. The molecule has 5 nitrogen and oxygen atoms in total. The molecule has 0 bridgehead atoms. The molecule has 0 aromatic rings. The molecule has 3 aliphatic rings. The van der Waals surface area contributed by atoms with Crippen molar-refractivity contribution in [3.05, 3.63) is 0 Å². The first-order valence-corrected chi connectivity index (χ1v) is 15.9. The van der Waals surface area contributed by atoms with Crippen molar-refractivity contribution in [2.75, 3.05) is 6.61 Å². The highest BCUT2D eigenvalue weighted by atomic mass is 16.5. The molecule has 0 aromatic heterocycles. The zero-order valence-corrected chi connectivity index (χ0v) is 24.8. The Kier molecular flexibility index (Phi) is 14.3. The number of fused-ring (bicyclic) bond motifs is 1. The van der Waals surface area contributed by atoms with Crippen LogP contribution in [0.15, 0.2) is 0 Å². The monoisotopic (exact) mass is 540 g/mol. The maximum absolute atomic E-state index is 12.9. The molecule has 0 N–H and O–H groups in total. The van der Waals surface area contributed by atoms with Gasteiger partial charge in [0.2, 0.25) is 0 Å². The molecule has 0 saturated heterocycles. The largest absolute Gasteiger partial charge is 0.462 e. The van der Waals surface area contributed by atoms with Gasteiger partial charge in [-0.1, -0.05) is 51.4 Å². The third kappa shape index (κ3) is 11.2. The van der Waals surface area contributed by atoms with E-state index in [1.807, 2.05) is 0 Å². The first kappa shape index (κ1) is 31.5. The van der Waals surface area contributed by atoms with Crippen molar-refractivity contribution in [1.29, 1.82) is 0 Å². The van der Waals surface area contributed by atoms with Crippen molar-refractivity contribution < 1.29 is 23.8 Å². The molecule has 3 rings (SSSR count). The van der Waals surface area contributed by atoms with Crippen molar-refractivity contribution in [2.24, 2.45) is 23.7 Å². The first-order valence-electron chi connectivity index (χ1n) is 15.9. The Balaban J connectivity index is 1.29. The van der Waals surface area contributed by atoms with E-state index >= 15 is 0 Å². The number of esters is 2. The molecule has 0 aromatic carbocycles. The van der Waals surface area contributed by atoms with Gasteiger partial charge in [0.05, 0.1) is 17.9 Å². The average molecular weight is 541 g/mol. The summed E-state index contributed by atoms with van der Waals surface area (Å²) in [6.45, 7) is 6.65. The maximum atomic E-state index is 12.9. The highest BCUT2D eigenvalue weighted by Crippen LogP contribution is 2.44. The lowest BCUT2D eigenvalue weighted by atomic mass is 9.67. The third-order valence-corrected chi connectivity index (χ3v) is 9.05. The van der Waals surface area contributed by atoms with Crippen LogP contribution in [0.1, 0.15) is 130 Å². The van der Waals surface area contributed by atoms with Crippen LogP contribution in [-0.2, 0) is 23.8 Å². The topological polar surface area (TPSA) is 61.8 Å². The Labute approximate surface area is 237 Å². The van der Waals surface area contributed by atoms with Crippen LogP contribution in [0.3, 0.4) is 0 Å². The third-order valence-electron chi connectivity index (χ3n) is 9.05. The summed E-state index contributed by atoms with van der Waals surface area (Å²) in [5.74, 6) is 11.9. The second-order valence-electron chi connectivity index (χ2n) is 12.1. The lowest BCUT2D eigenvalue weighted by molar-refractivity contribution is -0.160. The summed E-state index contributed by atoms with van der Waals surface area (Å²) in [6, 6.07) is 0. The molecule has 3 aliphatic carbocycles. The molecule has 39 heavy (non-hydrogen) atoms. The Bertz CT molecular complexity index is 865. The van der Waals surface area contributed by atoms with Crippen LogP contribution in [0.2, 0.25) is 0 Å². The van der Waals surface area contributed by atoms with Gasteiger partial charge in [0.15, 0.2) is 6.10 Å². The molecule has 5 heteroatoms. The van der Waals surface area contributed by atoms with E-state index in [9.17, 15) is 9.59 Å². The molecule has 5 unspecified atom stereocenters. The molecule has 0 heterocycles. The van der Waals surface area contributed by atoms with Gasteiger partial charge in [-0.25, -0.2) is 0 Å². The van der Waals surface area contributed by atoms with E-state index in [1.54, 1.807) is 13.8 Å². The minimum atomic E-state index is -0.432. The van der Waals surface area contributed by atoms with Crippen LogP contribution in [0.4, 0.5) is 0 Å². The Morgan fingerprint density at radius 1 is 0.744 bits per heavy atom. The SMILES string of the molecule is CC#CC#CC(C)OC(=O)C1CCC2CC(OC(=O)C3CCC(OCCCCCCCCC)CC3)CCC2C1. The Hall–Kier alpha value is -1.98. The number of hydrogen-bond donors (Lipinski definition) is 0. The molecular formula is C34H52O5. The molecular weight excluding hydrogens is 488 g/mol. The highest BCUT2D eigenvalue weighted by molar-refractivity contribution is 5.73. The van der Waals surface area contributed by atoms with E-state index in [1.165, 1.54) is 38.5 Å². The van der Waals surface area contributed by atoms with E-state index in [0.29, 0.717) is 17.9 Å². The lowest BCUT2D eigenvalue weighted by Crippen LogP contribution is -2.38. The molecule has 5 atom stereocenters. The van der Waals surface area contributed by atoms with E-state index in [-0.39, 0.29) is 29.9 Å². The summed E-state index contributed by atoms with van der Waals surface area (Å²) >= 11 is 0. The average Bonchev–Trinajstić information content (AvgIpc) is 2.94. The summed E-state index contributed by atoms with van der Waals surface area (Å²) in [7, 11) is 0. The van der Waals surface area contributed by atoms with Crippen molar-refractivity contribution in [1.82, 2.24) is 0 Å². The number of rotatable bonds is 13. The van der Waals surface area contributed by atoms with Gasteiger partial charge < -0.3 is 14.2 Å². The molecule has 3 saturated carbocycles. The van der Waals surface area contributed by atoms with Gasteiger partial charge in [-0.2, -0.15) is 0 Å².